The fourth-order valence-corrected chi connectivity index (χ4v) is 9.88. The Morgan fingerprint density at radius 3 is 1.06 bits per heavy atom. The molecule has 0 radical (unpaired) electrons. The maximum absolute atomic E-state index is 12.5. The fraction of sp³-hybridized carbons (Fsp3) is 0.312. The van der Waals surface area contributed by atoms with Gasteiger partial charge in [-0.2, -0.15) is 80.3 Å². The van der Waals surface area contributed by atoms with Crippen LogP contribution >= 0.6 is 94.2 Å². The zero-order valence-electron chi connectivity index (χ0n) is 58.7. The van der Waals surface area contributed by atoms with Crippen LogP contribution in [-0.4, -0.2) is 113 Å². The van der Waals surface area contributed by atoms with E-state index < -0.39 is 57.1 Å². The van der Waals surface area contributed by atoms with Crippen molar-refractivity contribution in [2.45, 2.75) is 96.8 Å². The van der Waals surface area contributed by atoms with Gasteiger partial charge in [-0.05, 0) is 187 Å². The summed E-state index contributed by atoms with van der Waals surface area (Å²) in [6.07, 6.45) is -15.0. The summed E-state index contributed by atoms with van der Waals surface area (Å²) in [7, 11) is -1.80. The van der Waals surface area contributed by atoms with Crippen LogP contribution < -0.4 is 47.3 Å². The molecule has 638 valence electrons. The second kappa shape index (κ2) is 64.7. The summed E-state index contributed by atoms with van der Waals surface area (Å²) in [4.78, 5) is 45.8. The van der Waals surface area contributed by atoms with Crippen LogP contribution in [-0.2, 0) is 63.0 Å². The number of methoxy groups -OCH3 is 1. The van der Waals surface area contributed by atoms with Crippen molar-refractivity contribution < 1.29 is 147 Å². The third-order valence-corrected chi connectivity index (χ3v) is 16.4. The van der Waals surface area contributed by atoms with Gasteiger partial charge in [-0.15, -0.1) is 59.4 Å². The predicted octanol–water partition coefficient (Wildman–Crippen LogP) is 21.5. The van der Waals surface area contributed by atoms with E-state index in [9.17, 15) is 65.9 Å². The van der Waals surface area contributed by atoms with Gasteiger partial charge in [0.05, 0.1) is 63.9 Å². The Hall–Kier alpha value is -7.34. The first-order valence-corrected chi connectivity index (χ1v) is 36.3. The van der Waals surface area contributed by atoms with Crippen LogP contribution in [0.5, 0.6) is 40.2 Å². The number of carbonyl (C=O) groups is 1. The standard InChI is InChI=1S/C20H20ClF3O2S.C18H16ClF3O2S.C11H10ClF3O.C9H9ClO2S.C7H5F3O.C5H9ClO3S.2CO2.5CH4.Li.H2O/c1-3-10-25-19-9-8-17(11-18(19)21)27-13-14(2)12-26-16-6-4-15(5-7-16)20(22,23)24;1-12(11-25-15-7-8-17(23-2)16(19)9-15)10-24-14-5-3-13(4-6-14)18(20,21)22;1-8(6-12)7-16-10-4-2-9(3-5-10)11(13,14)15;1-6(11)5-12-9-3-2-7(13)4-8(9)10;8-7(9,10)5-1-3-6(11)4-2-5;1-5(3-6)4-9-10(2,7)8;2*2-1-3;;;;;;;/h4-9,11H,2-3,10,12-13H2,1H3;3-9H,1,10-11H2,2H3;2-5H,1,6-7H2;2-4,13H,5H2,1H3;1-4,11H;1,3-4H2,2H3;;;5*1H4;;1H2/q;;;;;;;;;;;;;+1;/p-1. The molecule has 0 spiro atoms. The number of phenols is 1. The molecule has 7 aromatic rings. The molecule has 0 amide bonds. The van der Waals surface area contributed by atoms with Crippen molar-refractivity contribution in [2.24, 2.45) is 0 Å². The molecule has 38 heteroatoms. The number of hydrogen-bond donors (Lipinski definition) is 2. The summed E-state index contributed by atoms with van der Waals surface area (Å²) < 4.78 is 204. The normalized spacial score (nSPS) is 10.0. The second-order valence-corrected chi connectivity index (χ2v) is 26.8. The van der Waals surface area contributed by atoms with Crippen molar-refractivity contribution in [3.63, 3.8) is 0 Å². The van der Waals surface area contributed by atoms with Crippen LogP contribution in [0, 0.1) is 0 Å². The molecular formula is C77H90Cl5F12LiO16S4. The molecular weight excluding hydrogens is 1720 g/mol. The van der Waals surface area contributed by atoms with Gasteiger partial charge in [0, 0.05) is 38.0 Å². The zero-order valence-corrected chi connectivity index (χ0v) is 65.9. The van der Waals surface area contributed by atoms with E-state index in [1.807, 2.05) is 31.2 Å². The molecule has 0 aliphatic heterocycles. The monoisotopic (exact) mass is 1810 g/mol. The van der Waals surface area contributed by atoms with Crippen LogP contribution in [0.4, 0.5) is 52.7 Å². The van der Waals surface area contributed by atoms with Crippen molar-refractivity contribution in [3.05, 3.63) is 238 Å². The van der Waals surface area contributed by atoms with Gasteiger partial charge in [0.1, 0.15) is 66.7 Å². The molecule has 0 fully saturated rings. The molecule has 115 heavy (non-hydrogen) atoms. The molecule has 0 aliphatic carbocycles. The number of aromatic hydroxyl groups is 1. The predicted molar refractivity (Wildman–Crippen MR) is 430 cm³/mol. The Morgan fingerprint density at radius 1 is 0.478 bits per heavy atom. The molecule has 0 saturated carbocycles. The third kappa shape index (κ3) is 58.2. The van der Waals surface area contributed by atoms with E-state index in [-0.39, 0.29) is 130 Å². The maximum Gasteiger partial charge on any atom is 1.00 e. The van der Waals surface area contributed by atoms with E-state index in [4.69, 9.17) is 111 Å². The van der Waals surface area contributed by atoms with Crippen molar-refractivity contribution in [2.75, 3.05) is 76.3 Å². The third-order valence-electron chi connectivity index (χ3n) is 11.6. The van der Waals surface area contributed by atoms with Crippen LogP contribution in [0.1, 0.15) is 79.7 Å². The Balaban J connectivity index is -0.000000200. The summed E-state index contributed by atoms with van der Waals surface area (Å²) in [6, 6.07) is 33.5. The number of ketones is 1. The van der Waals surface area contributed by atoms with E-state index in [0.717, 1.165) is 99.2 Å². The summed E-state index contributed by atoms with van der Waals surface area (Å²) in [6.45, 7) is 19.7. The van der Waals surface area contributed by atoms with E-state index in [2.05, 4.69) is 43.1 Å². The summed E-state index contributed by atoms with van der Waals surface area (Å²) in [5.41, 5.74) is -0.0303. The molecule has 0 unspecified atom stereocenters. The number of Topliss-reactive ketones (excluding diaryl/α,β-unsaturated/α-hetero) is 1. The number of thioether (sulfide) groups is 2. The zero-order chi connectivity index (χ0) is 82.4. The molecule has 0 aliphatic rings. The largest absolute Gasteiger partial charge is 1.00 e. The number of hydrogen-bond acceptors (Lipinski definition) is 19. The quantitative estimate of drug-likeness (QED) is 0.00926. The number of phenolic OH excluding ortho intramolecular Hbond substituents is 1. The van der Waals surface area contributed by atoms with Gasteiger partial charge in [0.25, 0.3) is 10.1 Å². The Bertz CT molecular complexity index is 4090. The minimum absolute atomic E-state index is 0. The Labute approximate surface area is 715 Å². The fourth-order valence-electron chi connectivity index (χ4n) is 6.57. The molecule has 2 N–H and O–H groups in total. The molecule has 16 nitrogen and oxygen atoms in total. The summed E-state index contributed by atoms with van der Waals surface area (Å²) in [5.74, 6) is 4.35. The van der Waals surface area contributed by atoms with Gasteiger partial charge < -0.3 is 39.0 Å². The van der Waals surface area contributed by atoms with Gasteiger partial charge in [-0.3, -0.25) is 8.98 Å². The first-order chi connectivity index (χ1) is 50.4. The summed E-state index contributed by atoms with van der Waals surface area (Å²) >= 11 is 36.1. The minimum atomic E-state index is -4.35. The van der Waals surface area contributed by atoms with E-state index in [0.29, 0.717) is 78.8 Å². The smallest absolute Gasteiger partial charge is 0.870 e. The molecule has 0 atom stereocenters. The maximum atomic E-state index is 12.5. The number of ether oxygens (including phenoxy) is 6. The number of thiol groups is 1. The minimum Gasteiger partial charge on any atom is -0.870 e. The average molecular weight is 1810 g/mol. The Morgan fingerprint density at radius 2 is 0.774 bits per heavy atom. The molecule has 0 bridgehead atoms. The number of halogens is 17. The summed E-state index contributed by atoms with van der Waals surface area (Å²) in [5, 5.41) is 10.2. The first kappa shape index (κ1) is 123. The molecule has 7 aromatic carbocycles. The molecule has 7 rings (SSSR count). The van der Waals surface area contributed by atoms with E-state index in [1.54, 1.807) is 49.2 Å². The van der Waals surface area contributed by atoms with Crippen molar-refractivity contribution >= 4 is 122 Å². The second-order valence-electron chi connectivity index (χ2n) is 20.8. The van der Waals surface area contributed by atoms with Gasteiger partial charge in [-0.25, -0.2) is 0 Å². The molecule has 0 heterocycles. The Kier molecular flexibility index (Phi) is 69.4. The number of carbonyl (C=O) groups excluding carboxylic acids is 5. The van der Waals surface area contributed by atoms with Crippen LogP contribution in [0.3, 0.4) is 0 Å². The van der Waals surface area contributed by atoms with Gasteiger partial charge >= 0.3 is 55.9 Å². The molecule has 0 aromatic heterocycles. The van der Waals surface area contributed by atoms with E-state index in [1.165, 1.54) is 55.1 Å². The van der Waals surface area contributed by atoms with Gasteiger partial charge in [0.2, 0.25) is 0 Å². The van der Waals surface area contributed by atoms with Crippen LogP contribution in [0.15, 0.2) is 215 Å². The van der Waals surface area contributed by atoms with Crippen molar-refractivity contribution in [1.82, 2.24) is 0 Å². The average Bonchev–Trinajstić information content (AvgIpc) is 0.863. The number of alkyl halides is 14. The topological polar surface area (TPSA) is 234 Å². The van der Waals surface area contributed by atoms with E-state index >= 15 is 0 Å². The van der Waals surface area contributed by atoms with Gasteiger partial charge in [0.15, 0.2) is 5.78 Å². The first-order valence-electron chi connectivity index (χ1n) is 29.9. The van der Waals surface area contributed by atoms with Crippen LogP contribution in [0.25, 0.3) is 0 Å². The van der Waals surface area contributed by atoms with Crippen molar-refractivity contribution in [1.29, 1.82) is 0 Å². The number of rotatable bonds is 27. The van der Waals surface area contributed by atoms with Crippen molar-refractivity contribution in [3.8, 4) is 40.2 Å². The molecule has 0 saturated heterocycles. The number of benzene rings is 7. The van der Waals surface area contributed by atoms with Crippen LogP contribution in [0.2, 0.25) is 15.1 Å². The SMILES string of the molecule is C.C.C.C.C.C=C(CCl)COS(C)(=O)=O.C=C(CCl)COc1ccc(C(F)(F)F)cc1.C=C(COc1ccc(C(F)(F)F)cc1)CSc1ccc(OC)c(Cl)c1.C=C(COc1ccc(C(F)(F)F)cc1)CSc1ccc(OCCC)c(Cl)c1.CC(=O)COc1ccc(S)cc1Cl.O=C=O.O=C=O.Oc1ccc(C(F)(F)F)cc1.[Li+].[OH-]. The van der Waals surface area contributed by atoms with Gasteiger partial charge in [-0.1, -0.05) is 105 Å².